The van der Waals surface area contributed by atoms with Gasteiger partial charge in [-0.05, 0) is 29.5 Å². The molecule has 10 heteroatoms. The standard InChI is InChI=1S/C21H21ClN2O6S/c1-28-20(27)21(13-4-2-3-5-14(13)22)24-11-12-8-9-31-16(12)10-17(24)29-18(25)7-6-15(23)19(26)30-21/h2-5,8-9,15,17H,6-7,10-11,23H2,1H3/t15-,17?,21?/m1/s1. The van der Waals surface area contributed by atoms with Crippen LogP contribution in [0.3, 0.4) is 0 Å². The molecule has 0 radical (unpaired) electrons. The van der Waals surface area contributed by atoms with Crippen LogP contribution in [0.15, 0.2) is 35.7 Å². The monoisotopic (exact) mass is 464 g/mol. The van der Waals surface area contributed by atoms with Crippen LogP contribution >= 0.6 is 22.9 Å². The van der Waals surface area contributed by atoms with Crippen LogP contribution in [0, 0.1) is 0 Å². The molecule has 31 heavy (non-hydrogen) atoms. The second kappa shape index (κ2) is 8.58. The van der Waals surface area contributed by atoms with E-state index in [4.69, 9.17) is 31.5 Å². The summed E-state index contributed by atoms with van der Waals surface area (Å²) < 4.78 is 16.7. The van der Waals surface area contributed by atoms with Gasteiger partial charge in [-0.1, -0.05) is 29.8 Å². The number of esters is 3. The van der Waals surface area contributed by atoms with Gasteiger partial charge in [-0.25, -0.2) is 9.69 Å². The summed E-state index contributed by atoms with van der Waals surface area (Å²) in [6.45, 7) is 0.166. The van der Waals surface area contributed by atoms with Gasteiger partial charge in [0.05, 0.1) is 7.11 Å². The third-order valence-electron chi connectivity index (χ3n) is 5.47. The van der Waals surface area contributed by atoms with E-state index < -0.39 is 35.9 Å². The van der Waals surface area contributed by atoms with Crippen molar-refractivity contribution in [1.29, 1.82) is 0 Å². The van der Waals surface area contributed by atoms with E-state index in [0.717, 1.165) is 10.4 Å². The van der Waals surface area contributed by atoms with Crippen molar-refractivity contribution in [1.82, 2.24) is 4.90 Å². The van der Waals surface area contributed by atoms with Crippen LogP contribution in [-0.4, -0.2) is 42.2 Å². The summed E-state index contributed by atoms with van der Waals surface area (Å²) in [6.07, 6.45) is -0.578. The highest BCUT2D eigenvalue weighted by Crippen LogP contribution is 2.43. The number of carbonyl (C=O) groups excluding carboxylic acids is 3. The smallest absolute Gasteiger partial charge is 0.371 e. The maximum Gasteiger partial charge on any atom is 0.371 e. The number of cyclic esters (lactones) is 1. The van der Waals surface area contributed by atoms with E-state index in [2.05, 4.69) is 0 Å². The zero-order chi connectivity index (χ0) is 22.2. The van der Waals surface area contributed by atoms with Gasteiger partial charge in [0, 0.05) is 34.8 Å². The van der Waals surface area contributed by atoms with Gasteiger partial charge in [-0.2, -0.15) is 0 Å². The number of rotatable bonds is 2. The van der Waals surface area contributed by atoms with Crippen molar-refractivity contribution in [2.45, 2.75) is 43.8 Å². The molecule has 1 saturated heterocycles. The Bertz CT molecular complexity index is 1030. The number of methoxy groups -OCH3 is 1. The summed E-state index contributed by atoms with van der Waals surface area (Å²) in [7, 11) is 1.19. The fourth-order valence-corrected chi connectivity index (χ4v) is 5.08. The highest BCUT2D eigenvalue weighted by atomic mass is 35.5. The Morgan fingerprint density at radius 1 is 1.32 bits per heavy atom. The number of hydrogen-bond donors (Lipinski definition) is 1. The minimum atomic E-state index is -2.09. The molecule has 0 aliphatic carbocycles. The van der Waals surface area contributed by atoms with Crippen LogP contribution in [-0.2, 0) is 47.3 Å². The highest BCUT2D eigenvalue weighted by molar-refractivity contribution is 7.10. The Morgan fingerprint density at radius 2 is 2.10 bits per heavy atom. The van der Waals surface area contributed by atoms with Crippen LogP contribution in [0.1, 0.15) is 28.8 Å². The molecule has 2 unspecified atom stereocenters. The Balaban J connectivity index is 1.96. The van der Waals surface area contributed by atoms with Crippen molar-refractivity contribution in [3.05, 3.63) is 56.7 Å². The topological polar surface area (TPSA) is 108 Å². The molecule has 3 heterocycles. The average Bonchev–Trinajstić information content (AvgIpc) is 3.22. The van der Waals surface area contributed by atoms with Gasteiger partial charge >= 0.3 is 17.9 Å². The predicted octanol–water partition coefficient (Wildman–Crippen LogP) is 2.32. The molecule has 164 valence electrons. The van der Waals surface area contributed by atoms with Crippen molar-refractivity contribution in [2.75, 3.05) is 7.11 Å². The first-order valence-electron chi connectivity index (χ1n) is 9.70. The molecule has 0 saturated carbocycles. The number of carbonyl (C=O) groups is 3. The lowest BCUT2D eigenvalue weighted by Gasteiger charge is -2.46. The van der Waals surface area contributed by atoms with E-state index in [1.165, 1.54) is 23.3 Å². The van der Waals surface area contributed by atoms with Crippen molar-refractivity contribution in [3.63, 3.8) is 0 Å². The molecule has 4 rings (SSSR count). The number of thiophene rings is 1. The summed E-state index contributed by atoms with van der Waals surface area (Å²) in [5.41, 5.74) is 4.98. The molecule has 0 spiro atoms. The number of ether oxygens (including phenoxy) is 3. The first-order chi connectivity index (χ1) is 14.9. The van der Waals surface area contributed by atoms with Gasteiger partial charge in [0.2, 0.25) is 0 Å². The Kier molecular flexibility index (Phi) is 6.02. The molecule has 1 aromatic carbocycles. The Morgan fingerprint density at radius 3 is 2.84 bits per heavy atom. The van der Waals surface area contributed by atoms with Gasteiger partial charge < -0.3 is 19.9 Å². The van der Waals surface area contributed by atoms with E-state index in [-0.39, 0.29) is 30.0 Å². The van der Waals surface area contributed by atoms with E-state index in [1.807, 2.05) is 11.4 Å². The van der Waals surface area contributed by atoms with Crippen LogP contribution < -0.4 is 5.73 Å². The predicted molar refractivity (Wildman–Crippen MR) is 112 cm³/mol. The van der Waals surface area contributed by atoms with Gasteiger partial charge in [-0.3, -0.25) is 9.59 Å². The maximum atomic E-state index is 13.4. The molecular weight excluding hydrogens is 444 g/mol. The minimum Gasteiger partial charge on any atom is -0.465 e. The average molecular weight is 465 g/mol. The van der Waals surface area contributed by atoms with Crippen molar-refractivity contribution in [2.24, 2.45) is 5.73 Å². The lowest BCUT2D eigenvalue weighted by atomic mass is 9.95. The zero-order valence-corrected chi connectivity index (χ0v) is 18.3. The lowest BCUT2D eigenvalue weighted by Crippen LogP contribution is -2.62. The third-order valence-corrected chi connectivity index (χ3v) is 6.78. The molecule has 3 atom stereocenters. The summed E-state index contributed by atoms with van der Waals surface area (Å²) in [5, 5.41) is 2.11. The molecule has 0 amide bonds. The van der Waals surface area contributed by atoms with Crippen molar-refractivity contribution in [3.8, 4) is 0 Å². The Labute approximate surface area is 187 Å². The number of benzene rings is 1. The molecule has 2 aliphatic rings. The largest absolute Gasteiger partial charge is 0.465 e. The van der Waals surface area contributed by atoms with Gasteiger partial charge in [0.1, 0.15) is 6.04 Å². The molecule has 8 nitrogen and oxygen atoms in total. The third kappa shape index (κ3) is 3.82. The van der Waals surface area contributed by atoms with Crippen LogP contribution in [0.25, 0.3) is 0 Å². The lowest BCUT2D eigenvalue weighted by molar-refractivity contribution is -0.241. The Hall–Kier alpha value is -2.46. The van der Waals surface area contributed by atoms with E-state index in [9.17, 15) is 14.4 Å². The van der Waals surface area contributed by atoms with Gasteiger partial charge in [0.15, 0.2) is 6.23 Å². The molecule has 1 fully saturated rings. The van der Waals surface area contributed by atoms with E-state index in [0.29, 0.717) is 6.42 Å². The number of fused-ring (bicyclic) bond motifs is 2. The van der Waals surface area contributed by atoms with Gasteiger partial charge in [0.25, 0.3) is 5.72 Å². The maximum absolute atomic E-state index is 13.4. The first kappa shape index (κ1) is 21.8. The van der Waals surface area contributed by atoms with Crippen LogP contribution in [0.5, 0.6) is 0 Å². The molecule has 2 aliphatic heterocycles. The van der Waals surface area contributed by atoms with E-state index >= 15 is 0 Å². The fourth-order valence-electron chi connectivity index (χ4n) is 3.90. The summed E-state index contributed by atoms with van der Waals surface area (Å²) in [4.78, 5) is 41.4. The molecular formula is C21H21ClN2O6S. The molecule has 0 bridgehead atoms. The zero-order valence-electron chi connectivity index (χ0n) is 16.7. The summed E-state index contributed by atoms with van der Waals surface area (Å²) in [6, 6.07) is 7.30. The van der Waals surface area contributed by atoms with Gasteiger partial charge in [-0.15, -0.1) is 11.3 Å². The molecule has 1 aromatic heterocycles. The number of nitrogens with zero attached hydrogens (tertiary/aromatic N) is 1. The number of halogens is 1. The SMILES string of the molecule is COC(=O)C1(c2ccccc2Cl)OC(=O)[C@H](N)CCC(=O)OC2Cc3sccc3CN21. The minimum absolute atomic E-state index is 0.0222. The molecule has 2 N–H and O–H groups in total. The van der Waals surface area contributed by atoms with E-state index in [1.54, 1.807) is 24.3 Å². The van der Waals surface area contributed by atoms with Crippen molar-refractivity contribution >= 4 is 40.8 Å². The highest BCUT2D eigenvalue weighted by Gasteiger charge is 2.57. The second-order valence-electron chi connectivity index (χ2n) is 7.33. The first-order valence-corrected chi connectivity index (χ1v) is 11.0. The quantitative estimate of drug-likeness (QED) is 0.533. The number of hydrogen-bond acceptors (Lipinski definition) is 9. The normalized spacial score (nSPS) is 26.8. The van der Waals surface area contributed by atoms with Crippen LogP contribution in [0.4, 0.5) is 0 Å². The summed E-state index contributed by atoms with van der Waals surface area (Å²) >= 11 is 8.01. The van der Waals surface area contributed by atoms with Crippen LogP contribution in [0.2, 0.25) is 5.02 Å². The summed E-state index contributed by atoms with van der Waals surface area (Å²) in [5.74, 6) is -2.23. The second-order valence-corrected chi connectivity index (χ2v) is 8.74. The van der Waals surface area contributed by atoms with Crippen molar-refractivity contribution < 1.29 is 28.6 Å². The fraction of sp³-hybridized carbons (Fsp3) is 0.381. The molecule has 2 aromatic rings. The number of nitrogens with two attached hydrogens (primary N) is 1.